The zero-order valence-electron chi connectivity index (χ0n) is 24.4. The normalized spacial score (nSPS) is 11.6. The average Bonchev–Trinajstić information content (AvgIpc) is 3.42. The molecule has 9 rings (SSSR count). The maximum Gasteiger partial charge on any atom is 0.235 e. The average molecular weight is 574 g/mol. The summed E-state index contributed by atoms with van der Waals surface area (Å²) < 4.78 is 2.28. The van der Waals surface area contributed by atoms with Gasteiger partial charge in [-0.05, 0) is 45.5 Å². The summed E-state index contributed by atoms with van der Waals surface area (Å²) >= 11 is 0. The molecule has 210 valence electrons. The van der Waals surface area contributed by atoms with Crippen LogP contribution in [0.2, 0.25) is 0 Å². The Morgan fingerprint density at radius 2 is 0.822 bits per heavy atom. The Bertz CT molecular complexity index is 2300. The Hall–Kier alpha value is -6.06. The molecule has 8 aromatic rings. The van der Waals surface area contributed by atoms with Gasteiger partial charge in [-0.15, -0.1) is 0 Å². The highest BCUT2D eigenvalue weighted by molar-refractivity contribution is 6.17. The Labute approximate surface area is 261 Å². The molecule has 3 nitrogen and oxygen atoms in total. The van der Waals surface area contributed by atoms with E-state index in [9.17, 15) is 0 Å². The molecular formula is C42H27N3. The summed E-state index contributed by atoms with van der Waals surface area (Å²) in [6, 6.07) is 57.7. The van der Waals surface area contributed by atoms with Gasteiger partial charge in [0.25, 0.3) is 0 Å². The third-order valence-corrected chi connectivity index (χ3v) is 8.80. The van der Waals surface area contributed by atoms with Gasteiger partial charge in [0, 0.05) is 22.1 Å². The minimum absolute atomic E-state index is 0.647. The number of aromatic nitrogens is 3. The molecule has 0 atom stereocenters. The second kappa shape index (κ2) is 10.3. The smallest absolute Gasteiger partial charge is 0.235 e. The Morgan fingerprint density at radius 1 is 0.378 bits per heavy atom. The minimum atomic E-state index is 0.647. The molecule has 6 aromatic carbocycles. The Morgan fingerprint density at radius 3 is 1.40 bits per heavy atom. The lowest BCUT2D eigenvalue weighted by Crippen LogP contribution is -2.06. The summed E-state index contributed by atoms with van der Waals surface area (Å²) in [5, 5.41) is 1.21. The first-order valence-electron chi connectivity index (χ1n) is 15.3. The topological polar surface area (TPSA) is 30.7 Å². The van der Waals surface area contributed by atoms with Crippen LogP contribution in [0.4, 0.5) is 0 Å². The number of hydrogen-bond donors (Lipinski definition) is 0. The number of benzene rings is 6. The Kier molecular flexibility index (Phi) is 5.82. The molecule has 0 spiro atoms. The maximum atomic E-state index is 5.31. The molecule has 0 fully saturated rings. The van der Waals surface area contributed by atoms with Gasteiger partial charge in [0.1, 0.15) is 0 Å². The van der Waals surface area contributed by atoms with Crippen molar-refractivity contribution in [1.29, 1.82) is 0 Å². The molecule has 0 unspecified atom stereocenters. The molecule has 0 saturated heterocycles. The lowest BCUT2D eigenvalue weighted by Gasteiger charge is -2.16. The first kappa shape index (κ1) is 25.4. The van der Waals surface area contributed by atoms with E-state index in [1.807, 2.05) is 12.1 Å². The van der Waals surface area contributed by atoms with Gasteiger partial charge in [-0.25, -0.2) is 9.97 Å². The first-order chi connectivity index (χ1) is 22.3. The van der Waals surface area contributed by atoms with E-state index in [0.717, 1.165) is 39.3 Å². The van der Waals surface area contributed by atoms with Crippen LogP contribution in [0, 0.1) is 0 Å². The van der Waals surface area contributed by atoms with E-state index in [4.69, 9.17) is 9.97 Å². The molecule has 0 amide bonds. The molecular weight excluding hydrogens is 546 g/mol. The zero-order valence-corrected chi connectivity index (χ0v) is 24.4. The minimum Gasteiger partial charge on any atom is -0.277 e. The molecule has 2 heterocycles. The summed E-state index contributed by atoms with van der Waals surface area (Å²) in [7, 11) is 0. The van der Waals surface area contributed by atoms with Gasteiger partial charge in [-0.3, -0.25) is 4.57 Å². The fraction of sp³-hybridized carbons (Fsp3) is 0. The first-order valence-corrected chi connectivity index (χ1v) is 15.3. The van der Waals surface area contributed by atoms with Crippen molar-refractivity contribution in [3.05, 3.63) is 164 Å². The van der Waals surface area contributed by atoms with Crippen LogP contribution < -0.4 is 0 Å². The van der Waals surface area contributed by atoms with Gasteiger partial charge in [-0.1, -0.05) is 152 Å². The van der Waals surface area contributed by atoms with Crippen LogP contribution in [-0.4, -0.2) is 14.5 Å². The van der Waals surface area contributed by atoms with Crippen molar-refractivity contribution in [3.63, 3.8) is 0 Å². The van der Waals surface area contributed by atoms with Gasteiger partial charge < -0.3 is 0 Å². The van der Waals surface area contributed by atoms with Gasteiger partial charge in [0.05, 0.1) is 22.6 Å². The van der Waals surface area contributed by atoms with Crippen molar-refractivity contribution < 1.29 is 0 Å². The predicted molar refractivity (Wildman–Crippen MR) is 185 cm³/mol. The van der Waals surface area contributed by atoms with Crippen LogP contribution in [0.15, 0.2) is 164 Å². The quantitative estimate of drug-likeness (QED) is 0.210. The van der Waals surface area contributed by atoms with Gasteiger partial charge >= 0.3 is 0 Å². The number of fused-ring (bicyclic) bond motifs is 5. The number of hydrogen-bond acceptors (Lipinski definition) is 2. The van der Waals surface area contributed by atoms with Crippen molar-refractivity contribution in [2.75, 3.05) is 0 Å². The molecule has 1 aliphatic carbocycles. The molecule has 1 aliphatic rings. The van der Waals surface area contributed by atoms with Crippen molar-refractivity contribution in [3.8, 4) is 73.1 Å². The van der Waals surface area contributed by atoms with E-state index in [1.54, 1.807) is 0 Å². The zero-order chi connectivity index (χ0) is 29.7. The van der Waals surface area contributed by atoms with Gasteiger partial charge in [0.15, 0.2) is 0 Å². The second-order valence-electron chi connectivity index (χ2n) is 11.4. The molecule has 0 saturated carbocycles. The van der Waals surface area contributed by atoms with E-state index in [1.165, 1.54) is 38.8 Å². The third kappa shape index (κ3) is 4.05. The van der Waals surface area contributed by atoms with Gasteiger partial charge in [0.2, 0.25) is 5.95 Å². The highest BCUT2D eigenvalue weighted by atomic mass is 15.2. The third-order valence-electron chi connectivity index (χ3n) is 8.80. The molecule has 3 heteroatoms. The lowest BCUT2D eigenvalue weighted by molar-refractivity contribution is 0.975. The molecule has 0 aliphatic heterocycles. The molecule has 0 radical (unpaired) electrons. The van der Waals surface area contributed by atoms with Crippen molar-refractivity contribution in [2.24, 2.45) is 0 Å². The van der Waals surface area contributed by atoms with E-state index in [-0.39, 0.29) is 0 Å². The predicted octanol–water partition coefficient (Wildman–Crippen LogP) is 10.7. The number of nitrogens with zero attached hydrogens (tertiary/aromatic N) is 3. The highest BCUT2D eigenvalue weighted by Gasteiger charge is 2.29. The lowest BCUT2D eigenvalue weighted by atomic mass is 9.93. The monoisotopic (exact) mass is 573 g/mol. The van der Waals surface area contributed by atoms with Crippen molar-refractivity contribution >= 4 is 10.9 Å². The van der Waals surface area contributed by atoms with Gasteiger partial charge in [-0.2, -0.15) is 0 Å². The van der Waals surface area contributed by atoms with Crippen LogP contribution in [0.5, 0.6) is 0 Å². The van der Waals surface area contributed by atoms with E-state index in [0.29, 0.717) is 5.95 Å². The van der Waals surface area contributed by atoms with Crippen LogP contribution in [0.3, 0.4) is 0 Å². The van der Waals surface area contributed by atoms with E-state index >= 15 is 0 Å². The fourth-order valence-corrected chi connectivity index (χ4v) is 6.84. The van der Waals surface area contributed by atoms with Crippen LogP contribution in [0.25, 0.3) is 84.0 Å². The maximum absolute atomic E-state index is 5.31. The molecule has 0 bridgehead atoms. The van der Waals surface area contributed by atoms with Crippen molar-refractivity contribution in [2.45, 2.75) is 0 Å². The van der Waals surface area contributed by atoms with E-state index < -0.39 is 0 Å². The standard InChI is InChI=1S/C42H27N3/c1-4-15-28(16-5-1)36-27-37(29-17-6-2-7-18-29)44-42(43-36)45-38-26-14-25-34-32-22-11-10-21-31(32)33-23-12-13-24-35(33)40(39(34)38)41(45)30-19-8-3-9-20-30/h1-27H. The summed E-state index contributed by atoms with van der Waals surface area (Å²) in [5.41, 5.74) is 14.5. The molecule has 0 N–H and O–H groups in total. The Balaban J connectivity index is 1.46. The summed E-state index contributed by atoms with van der Waals surface area (Å²) in [4.78, 5) is 10.6. The van der Waals surface area contributed by atoms with Crippen LogP contribution >= 0.6 is 0 Å². The molecule has 2 aromatic heterocycles. The summed E-state index contributed by atoms with van der Waals surface area (Å²) in [6.07, 6.45) is 0. The second-order valence-corrected chi connectivity index (χ2v) is 11.4. The summed E-state index contributed by atoms with van der Waals surface area (Å²) in [6.45, 7) is 0. The number of rotatable bonds is 4. The largest absolute Gasteiger partial charge is 0.277 e. The fourth-order valence-electron chi connectivity index (χ4n) is 6.84. The van der Waals surface area contributed by atoms with Crippen LogP contribution in [0.1, 0.15) is 0 Å². The van der Waals surface area contributed by atoms with Crippen LogP contribution in [-0.2, 0) is 0 Å². The summed E-state index contributed by atoms with van der Waals surface area (Å²) in [5.74, 6) is 0.647. The SMILES string of the molecule is c1ccc(-c2cc(-c3ccccc3)nc(-n3c(-c4ccccc4)c4c5c(cccc53)-c3ccccc3-c3ccccc3-4)n2)cc1. The highest BCUT2D eigenvalue weighted by Crippen LogP contribution is 2.52. The molecule has 45 heavy (non-hydrogen) atoms. The van der Waals surface area contributed by atoms with Crippen molar-refractivity contribution in [1.82, 2.24) is 14.5 Å². The van der Waals surface area contributed by atoms with E-state index in [2.05, 4.69) is 156 Å².